The SMILES string of the molecule is O=c1[nH]ccc2[nH]c3ccc(CO)cc3c12. The van der Waals surface area contributed by atoms with Crippen LogP contribution in [0.2, 0.25) is 0 Å². The summed E-state index contributed by atoms with van der Waals surface area (Å²) < 4.78 is 0. The molecule has 1 aromatic carbocycles. The zero-order chi connectivity index (χ0) is 11.1. The summed E-state index contributed by atoms with van der Waals surface area (Å²) in [7, 11) is 0. The molecule has 0 spiro atoms. The number of rotatable bonds is 1. The van der Waals surface area contributed by atoms with Crippen molar-refractivity contribution in [1.82, 2.24) is 9.97 Å². The number of nitrogens with one attached hydrogen (secondary N) is 2. The predicted octanol–water partition coefficient (Wildman–Crippen LogP) is 1.50. The third kappa shape index (κ3) is 1.17. The summed E-state index contributed by atoms with van der Waals surface area (Å²) >= 11 is 0. The largest absolute Gasteiger partial charge is 0.392 e. The van der Waals surface area contributed by atoms with Crippen LogP contribution < -0.4 is 5.56 Å². The molecule has 80 valence electrons. The zero-order valence-electron chi connectivity index (χ0n) is 8.45. The van der Waals surface area contributed by atoms with Crippen molar-refractivity contribution >= 4 is 21.8 Å². The maximum absolute atomic E-state index is 11.7. The Morgan fingerprint density at radius 3 is 2.88 bits per heavy atom. The molecule has 0 aliphatic carbocycles. The van der Waals surface area contributed by atoms with E-state index in [1.165, 1.54) is 0 Å². The highest BCUT2D eigenvalue weighted by Gasteiger charge is 2.07. The van der Waals surface area contributed by atoms with Crippen LogP contribution in [0.15, 0.2) is 35.3 Å². The Hall–Kier alpha value is -2.07. The van der Waals surface area contributed by atoms with Crippen LogP contribution in [0, 0.1) is 0 Å². The molecule has 4 nitrogen and oxygen atoms in total. The molecule has 16 heavy (non-hydrogen) atoms. The molecule has 0 radical (unpaired) electrons. The molecule has 0 saturated heterocycles. The van der Waals surface area contributed by atoms with Crippen LogP contribution in [0.4, 0.5) is 0 Å². The van der Waals surface area contributed by atoms with Gasteiger partial charge >= 0.3 is 0 Å². The lowest BCUT2D eigenvalue weighted by atomic mass is 10.1. The minimum absolute atomic E-state index is 0.0205. The summed E-state index contributed by atoms with van der Waals surface area (Å²) in [4.78, 5) is 17.5. The fourth-order valence-electron chi connectivity index (χ4n) is 2.00. The number of aromatic amines is 2. The number of aromatic nitrogens is 2. The average molecular weight is 214 g/mol. The van der Waals surface area contributed by atoms with Gasteiger partial charge in [0, 0.05) is 17.1 Å². The van der Waals surface area contributed by atoms with Crippen LogP contribution in [0.1, 0.15) is 5.56 Å². The number of hydrogen-bond acceptors (Lipinski definition) is 2. The van der Waals surface area contributed by atoms with Gasteiger partial charge in [-0.2, -0.15) is 0 Å². The van der Waals surface area contributed by atoms with Crippen LogP contribution in [-0.2, 0) is 6.61 Å². The smallest absolute Gasteiger partial charge is 0.258 e. The van der Waals surface area contributed by atoms with Gasteiger partial charge in [-0.1, -0.05) is 6.07 Å². The topological polar surface area (TPSA) is 68.9 Å². The number of hydrogen-bond donors (Lipinski definition) is 3. The molecule has 0 fully saturated rings. The molecule has 0 atom stereocenters. The Morgan fingerprint density at radius 1 is 1.19 bits per heavy atom. The van der Waals surface area contributed by atoms with Crippen LogP contribution in [0.5, 0.6) is 0 Å². The van der Waals surface area contributed by atoms with Gasteiger partial charge in [-0.05, 0) is 23.8 Å². The van der Waals surface area contributed by atoms with Crippen LogP contribution >= 0.6 is 0 Å². The summed E-state index contributed by atoms with van der Waals surface area (Å²) in [5.41, 5.74) is 2.41. The number of benzene rings is 1. The van der Waals surface area contributed by atoms with Gasteiger partial charge in [-0.3, -0.25) is 4.79 Å². The molecule has 0 aliphatic rings. The first-order valence-corrected chi connectivity index (χ1v) is 5.02. The van der Waals surface area contributed by atoms with E-state index in [2.05, 4.69) is 9.97 Å². The third-order valence-electron chi connectivity index (χ3n) is 2.77. The molecule has 2 heterocycles. The Bertz CT molecular complexity index is 725. The molecule has 4 heteroatoms. The Balaban J connectivity index is 2.55. The maximum atomic E-state index is 11.7. The second kappa shape index (κ2) is 3.21. The second-order valence-electron chi connectivity index (χ2n) is 3.76. The minimum atomic E-state index is -0.112. The van der Waals surface area contributed by atoms with E-state index >= 15 is 0 Å². The van der Waals surface area contributed by atoms with E-state index in [4.69, 9.17) is 5.11 Å². The number of aliphatic hydroxyl groups excluding tert-OH is 1. The number of aliphatic hydroxyl groups is 1. The van der Waals surface area contributed by atoms with Gasteiger partial charge in [0.15, 0.2) is 0 Å². The van der Waals surface area contributed by atoms with Crippen molar-refractivity contribution in [3.05, 3.63) is 46.4 Å². The predicted molar refractivity (Wildman–Crippen MR) is 62.3 cm³/mol. The highest BCUT2D eigenvalue weighted by atomic mass is 16.3. The lowest BCUT2D eigenvalue weighted by molar-refractivity contribution is 0.282. The summed E-state index contributed by atoms with van der Waals surface area (Å²) in [6.45, 7) is -0.0205. The highest BCUT2D eigenvalue weighted by molar-refractivity contribution is 6.06. The van der Waals surface area contributed by atoms with Crippen molar-refractivity contribution in [2.24, 2.45) is 0 Å². The molecule has 0 aliphatic heterocycles. The van der Waals surface area contributed by atoms with E-state index in [-0.39, 0.29) is 12.2 Å². The minimum Gasteiger partial charge on any atom is -0.392 e. The van der Waals surface area contributed by atoms with Crippen molar-refractivity contribution < 1.29 is 5.11 Å². The van der Waals surface area contributed by atoms with E-state index in [0.29, 0.717) is 5.39 Å². The standard InChI is InChI=1S/C12H10N2O2/c15-6-7-1-2-9-8(5-7)11-10(14-9)3-4-13-12(11)16/h1-5,14-15H,6H2,(H,13,16). The molecular weight excluding hydrogens is 204 g/mol. The van der Waals surface area contributed by atoms with E-state index < -0.39 is 0 Å². The van der Waals surface area contributed by atoms with Gasteiger partial charge in [-0.25, -0.2) is 0 Å². The van der Waals surface area contributed by atoms with Gasteiger partial charge in [0.1, 0.15) is 0 Å². The first-order valence-electron chi connectivity index (χ1n) is 5.02. The van der Waals surface area contributed by atoms with E-state index in [1.54, 1.807) is 6.20 Å². The lowest BCUT2D eigenvalue weighted by Gasteiger charge is -1.95. The first-order chi connectivity index (χ1) is 7.79. The second-order valence-corrected chi connectivity index (χ2v) is 3.76. The molecule has 0 saturated carbocycles. The van der Waals surface area contributed by atoms with E-state index in [9.17, 15) is 4.79 Å². The van der Waals surface area contributed by atoms with Crippen LogP contribution in [0.25, 0.3) is 21.8 Å². The lowest BCUT2D eigenvalue weighted by Crippen LogP contribution is -2.03. The summed E-state index contributed by atoms with van der Waals surface area (Å²) in [5.74, 6) is 0. The maximum Gasteiger partial charge on any atom is 0.258 e. The normalized spacial score (nSPS) is 11.3. The van der Waals surface area contributed by atoms with Gasteiger partial charge in [0.25, 0.3) is 5.56 Å². The molecule has 3 rings (SSSR count). The van der Waals surface area contributed by atoms with Crippen molar-refractivity contribution in [2.75, 3.05) is 0 Å². The Morgan fingerprint density at radius 2 is 2.06 bits per heavy atom. The monoisotopic (exact) mass is 214 g/mol. The fraction of sp³-hybridized carbons (Fsp3) is 0.0833. The summed E-state index contributed by atoms with van der Waals surface area (Å²) in [5, 5.41) is 10.6. The fourth-order valence-corrected chi connectivity index (χ4v) is 2.00. The van der Waals surface area contributed by atoms with Crippen molar-refractivity contribution in [3.63, 3.8) is 0 Å². The molecule has 3 aromatic rings. The third-order valence-corrected chi connectivity index (χ3v) is 2.77. The van der Waals surface area contributed by atoms with Crippen LogP contribution in [-0.4, -0.2) is 15.1 Å². The van der Waals surface area contributed by atoms with Gasteiger partial charge in [0.2, 0.25) is 0 Å². The summed E-state index contributed by atoms with van der Waals surface area (Å²) in [6.07, 6.45) is 1.62. The molecule has 0 bridgehead atoms. The Kier molecular flexibility index (Phi) is 1.84. The quantitative estimate of drug-likeness (QED) is 0.574. The van der Waals surface area contributed by atoms with Crippen molar-refractivity contribution in [2.45, 2.75) is 6.61 Å². The first kappa shape index (κ1) is 9.18. The van der Waals surface area contributed by atoms with Crippen molar-refractivity contribution in [1.29, 1.82) is 0 Å². The van der Waals surface area contributed by atoms with Gasteiger partial charge < -0.3 is 15.1 Å². The van der Waals surface area contributed by atoms with Gasteiger partial charge in [-0.15, -0.1) is 0 Å². The average Bonchev–Trinajstić information content (AvgIpc) is 2.67. The highest BCUT2D eigenvalue weighted by Crippen LogP contribution is 2.23. The molecular formula is C12H10N2O2. The van der Waals surface area contributed by atoms with E-state index in [1.807, 2.05) is 24.3 Å². The summed E-state index contributed by atoms with van der Waals surface area (Å²) in [6, 6.07) is 7.38. The Labute approximate surface area is 90.5 Å². The number of pyridine rings is 1. The zero-order valence-corrected chi connectivity index (χ0v) is 8.45. The molecule has 0 amide bonds. The molecule has 2 aromatic heterocycles. The van der Waals surface area contributed by atoms with Crippen LogP contribution in [0.3, 0.4) is 0 Å². The van der Waals surface area contributed by atoms with E-state index in [0.717, 1.165) is 22.0 Å². The molecule has 3 N–H and O–H groups in total. The van der Waals surface area contributed by atoms with Crippen molar-refractivity contribution in [3.8, 4) is 0 Å². The number of H-pyrrole nitrogens is 2. The van der Waals surface area contributed by atoms with Gasteiger partial charge in [0.05, 0.1) is 17.5 Å². The molecule has 0 unspecified atom stereocenters. The number of fused-ring (bicyclic) bond motifs is 3.